The summed E-state index contributed by atoms with van der Waals surface area (Å²) in [6.07, 6.45) is 3.37. The van der Waals surface area contributed by atoms with Gasteiger partial charge in [0.05, 0.1) is 0 Å². The van der Waals surface area contributed by atoms with E-state index in [1.807, 2.05) is 12.3 Å². The zero-order valence-corrected chi connectivity index (χ0v) is 5.89. The highest BCUT2D eigenvalue weighted by Gasteiger charge is 1.96. The molecule has 1 rings (SSSR count). The van der Waals surface area contributed by atoms with Crippen LogP contribution in [-0.2, 0) is 0 Å². The smallest absolute Gasteiger partial charge is 0.251 e. The summed E-state index contributed by atoms with van der Waals surface area (Å²) in [6, 6.07) is 5.35. The first-order valence-electron chi connectivity index (χ1n) is 2.57. The first-order valence-corrected chi connectivity index (χ1v) is 3.79. The summed E-state index contributed by atoms with van der Waals surface area (Å²) in [4.78, 5) is 0. The predicted molar refractivity (Wildman–Crippen MR) is 37.2 cm³/mol. The molecule has 0 fully saturated rings. The number of pyridine rings is 1. The van der Waals surface area contributed by atoms with E-state index < -0.39 is 0 Å². The minimum Gasteiger partial charge on any atom is -0.618 e. The molecular weight excluding hydrogens is 134 g/mol. The lowest BCUT2D eigenvalue weighted by Crippen LogP contribution is -2.27. The quantitative estimate of drug-likeness (QED) is 0.332. The van der Waals surface area contributed by atoms with Crippen molar-refractivity contribution >= 4 is 11.8 Å². The van der Waals surface area contributed by atoms with Crippen LogP contribution in [0.3, 0.4) is 0 Å². The minimum atomic E-state index is 0.734. The van der Waals surface area contributed by atoms with Gasteiger partial charge >= 0.3 is 0 Å². The number of thioether (sulfide) groups is 1. The highest BCUT2D eigenvalue weighted by Crippen LogP contribution is 2.05. The van der Waals surface area contributed by atoms with Crippen LogP contribution in [0.2, 0.25) is 0 Å². The number of nitrogens with zero attached hydrogens (tertiary/aromatic N) is 1. The van der Waals surface area contributed by atoms with Gasteiger partial charge < -0.3 is 5.21 Å². The number of hydrogen-bond donors (Lipinski definition) is 0. The van der Waals surface area contributed by atoms with Crippen molar-refractivity contribution in [2.24, 2.45) is 0 Å². The fraction of sp³-hybridized carbons (Fsp3) is 0.167. The lowest BCUT2D eigenvalue weighted by Gasteiger charge is -1.97. The summed E-state index contributed by atoms with van der Waals surface area (Å²) in [5, 5.41) is 11.5. The van der Waals surface area contributed by atoms with Gasteiger partial charge in [-0.05, 0) is 12.3 Å². The van der Waals surface area contributed by atoms with Gasteiger partial charge in [-0.2, -0.15) is 4.73 Å². The topological polar surface area (TPSA) is 26.9 Å². The molecule has 0 saturated carbocycles. The van der Waals surface area contributed by atoms with Crippen LogP contribution in [0, 0.1) is 5.21 Å². The molecule has 1 aromatic rings. The predicted octanol–water partition coefficient (Wildman–Crippen LogP) is 1.04. The van der Waals surface area contributed by atoms with Crippen molar-refractivity contribution in [2.45, 2.75) is 5.03 Å². The molecule has 3 heteroatoms. The number of aromatic nitrogens is 1. The number of rotatable bonds is 1. The molecular formula is C6H7NOS. The second-order valence-corrected chi connectivity index (χ2v) is 2.40. The minimum absolute atomic E-state index is 0.734. The van der Waals surface area contributed by atoms with Gasteiger partial charge in [0.25, 0.3) is 5.03 Å². The molecule has 0 aliphatic carbocycles. The molecule has 0 bridgehead atoms. The summed E-state index contributed by atoms with van der Waals surface area (Å²) in [7, 11) is 0. The first-order chi connectivity index (χ1) is 4.34. The molecule has 0 spiro atoms. The van der Waals surface area contributed by atoms with Crippen molar-refractivity contribution < 1.29 is 4.73 Å². The molecule has 0 aliphatic heterocycles. The standard InChI is InChI=1S/C6H7NOS/c1-9-6-4-2-3-5-7(6)8/h2-5H,1H3. The Morgan fingerprint density at radius 3 is 2.78 bits per heavy atom. The molecule has 0 unspecified atom stereocenters. The highest BCUT2D eigenvalue weighted by molar-refractivity contribution is 7.98. The van der Waals surface area contributed by atoms with Crippen molar-refractivity contribution in [3.05, 3.63) is 29.6 Å². The van der Waals surface area contributed by atoms with Crippen molar-refractivity contribution in [1.29, 1.82) is 0 Å². The summed E-state index contributed by atoms with van der Waals surface area (Å²) in [5.74, 6) is 0. The van der Waals surface area contributed by atoms with Crippen LogP contribution in [0.25, 0.3) is 0 Å². The van der Waals surface area contributed by atoms with E-state index in [0.717, 1.165) is 9.76 Å². The third-order valence-corrected chi connectivity index (χ3v) is 1.73. The molecule has 0 radical (unpaired) electrons. The average molecular weight is 141 g/mol. The van der Waals surface area contributed by atoms with Gasteiger partial charge in [0.15, 0.2) is 6.20 Å². The third kappa shape index (κ3) is 1.36. The molecule has 0 saturated heterocycles. The van der Waals surface area contributed by atoms with E-state index in [1.165, 1.54) is 18.0 Å². The van der Waals surface area contributed by atoms with E-state index in [4.69, 9.17) is 0 Å². The lowest BCUT2D eigenvalue weighted by molar-refractivity contribution is -0.645. The molecule has 1 aromatic heterocycles. The van der Waals surface area contributed by atoms with E-state index in [2.05, 4.69) is 0 Å². The van der Waals surface area contributed by atoms with Crippen molar-refractivity contribution in [2.75, 3.05) is 6.26 Å². The second-order valence-electron chi connectivity index (χ2n) is 1.57. The van der Waals surface area contributed by atoms with Crippen molar-refractivity contribution in [3.8, 4) is 0 Å². The first kappa shape index (κ1) is 6.42. The van der Waals surface area contributed by atoms with Crippen LogP contribution in [0.5, 0.6) is 0 Å². The maximum Gasteiger partial charge on any atom is 0.251 e. The molecule has 1 heterocycles. The van der Waals surface area contributed by atoms with Crippen LogP contribution < -0.4 is 4.73 Å². The largest absolute Gasteiger partial charge is 0.618 e. The molecule has 0 aromatic carbocycles. The Balaban J connectivity index is 3.01. The number of hydrogen-bond acceptors (Lipinski definition) is 2. The monoisotopic (exact) mass is 141 g/mol. The normalized spacial score (nSPS) is 9.44. The Hall–Kier alpha value is -0.700. The van der Waals surface area contributed by atoms with Gasteiger partial charge in [0.2, 0.25) is 0 Å². The molecule has 0 aliphatic rings. The van der Waals surface area contributed by atoms with Crippen LogP contribution >= 0.6 is 11.8 Å². The Kier molecular flexibility index (Phi) is 1.95. The molecule has 9 heavy (non-hydrogen) atoms. The van der Waals surface area contributed by atoms with Crippen molar-refractivity contribution in [1.82, 2.24) is 0 Å². The maximum absolute atomic E-state index is 10.7. The van der Waals surface area contributed by atoms with Gasteiger partial charge in [-0.25, -0.2) is 0 Å². The van der Waals surface area contributed by atoms with Gasteiger partial charge in [0, 0.05) is 12.1 Å². The van der Waals surface area contributed by atoms with E-state index in [1.54, 1.807) is 12.1 Å². The zero-order chi connectivity index (χ0) is 6.69. The zero-order valence-electron chi connectivity index (χ0n) is 5.07. The Morgan fingerprint density at radius 1 is 1.56 bits per heavy atom. The summed E-state index contributed by atoms with van der Waals surface area (Å²) in [5.41, 5.74) is 0. The SMILES string of the molecule is CSc1cccc[n+]1[O-]. The summed E-state index contributed by atoms with van der Waals surface area (Å²) < 4.78 is 0.852. The molecule has 0 atom stereocenters. The van der Waals surface area contributed by atoms with Gasteiger partial charge in [-0.15, -0.1) is 0 Å². The second kappa shape index (κ2) is 2.73. The Bertz CT molecular complexity index is 202. The molecule has 48 valence electrons. The fourth-order valence-corrected chi connectivity index (χ4v) is 1.03. The highest BCUT2D eigenvalue weighted by atomic mass is 32.2. The molecule has 0 amide bonds. The molecule has 0 N–H and O–H groups in total. The van der Waals surface area contributed by atoms with Crippen molar-refractivity contribution in [3.63, 3.8) is 0 Å². The summed E-state index contributed by atoms with van der Waals surface area (Å²) >= 11 is 1.45. The van der Waals surface area contributed by atoms with E-state index in [0.29, 0.717) is 0 Å². The molecule has 2 nitrogen and oxygen atoms in total. The van der Waals surface area contributed by atoms with E-state index >= 15 is 0 Å². The van der Waals surface area contributed by atoms with Crippen LogP contribution in [-0.4, -0.2) is 6.26 Å². The van der Waals surface area contributed by atoms with Gasteiger partial charge in [-0.3, -0.25) is 0 Å². The fourth-order valence-electron chi connectivity index (χ4n) is 0.571. The summed E-state index contributed by atoms with van der Waals surface area (Å²) in [6.45, 7) is 0. The van der Waals surface area contributed by atoms with Crippen LogP contribution in [0.15, 0.2) is 29.4 Å². The van der Waals surface area contributed by atoms with Crippen LogP contribution in [0.1, 0.15) is 0 Å². The van der Waals surface area contributed by atoms with E-state index in [9.17, 15) is 5.21 Å². The van der Waals surface area contributed by atoms with Crippen LogP contribution in [0.4, 0.5) is 0 Å². The third-order valence-electron chi connectivity index (χ3n) is 0.998. The van der Waals surface area contributed by atoms with Gasteiger partial charge in [-0.1, -0.05) is 11.8 Å². The Morgan fingerprint density at radius 2 is 2.33 bits per heavy atom. The van der Waals surface area contributed by atoms with Gasteiger partial charge in [0.1, 0.15) is 0 Å². The maximum atomic E-state index is 10.7. The average Bonchev–Trinajstić information content (AvgIpc) is 1.89. The lowest BCUT2D eigenvalue weighted by atomic mass is 10.5. The van der Waals surface area contributed by atoms with E-state index in [-0.39, 0.29) is 0 Å². The Labute approximate surface area is 58.1 Å².